The zero-order valence-electron chi connectivity index (χ0n) is 19.1. The van der Waals surface area contributed by atoms with Gasteiger partial charge in [-0.25, -0.2) is 13.8 Å². The molecule has 34 heavy (non-hydrogen) atoms. The van der Waals surface area contributed by atoms with Crippen molar-refractivity contribution in [3.8, 4) is 11.5 Å². The summed E-state index contributed by atoms with van der Waals surface area (Å²) in [7, 11) is 1.83. The maximum absolute atomic E-state index is 15.8. The maximum Gasteiger partial charge on any atom is 0.254 e. The lowest BCUT2D eigenvalue weighted by molar-refractivity contribution is 0.0723. The summed E-state index contributed by atoms with van der Waals surface area (Å²) in [5.41, 5.74) is 9.36. The van der Waals surface area contributed by atoms with Crippen LogP contribution in [0.3, 0.4) is 0 Å². The van der Waals surface area contributed by atoms with Crippen LogP contribution in [0.5, 0.6) is 0 Å². The molecule has 0 spiro atoms. The van der Waals surface area contributed by atoms with E-state index in [1.807, 2.05) is 19.2 Å². The first-order valence-electron chi connectivity index (χ1n) is 11.8. The van der Waals surface area contributed by atoms with Crippen molar-refractivity contribution in [2.24, 2.45) is 18.7 Å². The number of fused-ring (bicyclic) bond motifs is 3. The van der Waals surface area contributed by atoms with Gasteiger partial charge >= 0.3 is 0 Å². The number of aryl methyl sites for hydroxylation is 1. The molecule has 3 heterocycles. The number of aromatic nitrogens is 3. The number of hydrogen-bond donors (Lipinski definition) is 1. The number of halogens is 2. The van der Waals surface area contributed by atoms with Crippen LogP contribution < -0.4 is 5.73 Å². The molecule has 1 fully saturated rings. The third-order valence-electron chi connectivity index (χ3n) is 7.18. The summed E-state index contributed by atoms with van der Waals surface area (Å²) in [6.07, 6.45) is 2.81. The van der Waals surface area contributed by atoms with Gasteiger partial charge in [0.15, 0.2) is 11.6 Å². The van der Waals surface area contributed by atoms with E-state index in [2.05, 4.69) is 22.8 Å². The van der Waals surface area contributed by atoms with Crippen molar-refractivity contribution in [3.63, 3.8) is 0 Å². The molecule has 1 saturated carbocycles. The van der Waals surface area contributed by atoms with Crippen molar-refractivity contribution >= 4 is 27.8 Å². The largest absolute Gasteiger partial charge is 0.338 e. The van der Waals surface area contributed by atoms with Gasteiger partial charge in [-0.1, -0.05) is 18.2 Å². The Labute approximate surface area is 196 Å². The molecule has 0 unspecified atom stereocenters. The van der Waals surface area contributed by atoms with E-state index >= 15 is 4.39 Å². The second-order valence-corrected chi connectivity index (χ2v) is 9.64. The van der Waals surface area contributed by atoms with Gasteiger partial charge in [-0.15, -0.1) is 0 Å². The highest BCUT2D eigenvalue weighted by Crippen LogP contribution is 2.37. The molecule has 2 aliphatic rings. The van der Waals surface area contributed by atoms with Gasteiger partial charge in [0.1, 0.15) is 12.2 Å². The number of hydrogen-bond acceptors (Lipinski definition) is 3. The van der Waals surface area contributed by atoms with Gasteiger partial charge in [0.25, 0.3) is 5.91 Å². The van der Waals surface area contributed by atoms with Crippen LogP contribution in [0.1, 0.15) is 28.8 Å². The molecule has 1 atom stereocenters. The number of carbonyl (C=O) groups excluding carboxylic acids is 1. The Bertz CT molecular complexity index is 1430. The first kappa shape index (κ1) is 21.3. The molecule has 0 saturated heterocycles. The van der Waals surface area contributed by atoms with Gasteiger partial charge < -0.3 is 19.8 Å². The highest BCUT2D eigenvalue weighted by Gasteiger charge is 2.31. The third-order valence-corrected chi connectivity index (χ3v) is 7.18. The second kappa shape index (κ2) is 7.91. The Balaban J connectivity index is 1.49. The Morgan fingerprint density at radius 2 is 2.03 bits per heavy atom. The number of carbonyl (C=O) groups is 1. The van der Waals surface area contributed by atoms with E-state index in [1.54, 1.807) is 10.6 Å². The van der Waals surface area contributed by atoms with Gasteiger partial charge in [0.05, 0.1) is 17.3 Å². The molecular weight excluding hydrogens is 436 g/mol. The fraction of sp³-hybridized carbons (Fsp3) is 0.385. The van der Waals surface area contributed by atoms with Crippen molar-refractivity contribution in [2.75, 3.05) is 19.8 Å². The molecule has 2 aromatic heterocycles. The van der Waals surface area contributed by atoms with Crippen LogP contribution in [0.15, 0.2) is 36.4 Å². The van der Waals surface area contributed by atoms with Gasteiger partial charge in [-0.05, 0) is 43.4 Å². The quantitative estimate of drug-likeness (QED) is 0.469. The van der Waals surface area contributed by atoms with Crippen molar-refractivity contribution in [1.29, 1.82) is 0 Å². The van der Waals surface area contributed by atoms with E-state index in [9.17, 15) is 9.18 Å². The topological polar surface area (TPSA) is 69.1 Å². The van der Waals surface area contributed by atoms with Crippen LogP contribution in [0, 0.1) is 11.7 Å². The van der Waals surface area contributed by atoms with E-state index in [0.29, 0.717) is 46.9 Å². The summed E-state index contributed by atoms with van der Waals surface area (Å²) in [6.45, 7) is 0.640. The Hall–Kier alpha value is -3.26. The monoisotopic (exact) mass is 463 g/mol. The molecule has 4 aromatic rings. The molecule has 1 aliphatic heterocycles. The van der Waals surface area contributed by atoms with Gasteiger partial charge in [-0.2, -0.15) is 0 Å². The van der Waals surface area contributed by atoms with Crippen LogP contribution in [0.2, 0.25) is 0 Å². The van der Waals surface area contributed by atoms with Crippen LogP contribution in [0.4, 0.5) is 8.78 Å². The average Bonchev–Trinajstić information content (AvgIpc) is 3.50. The lowest BCUT2D eigenvalue weighted by atomic mass is 9.97. The zero-order valence-corrected chi connectivity index (χ0v) is 19.1. The normalized spacial score (nSPS) is 17.1. The minimum atomic E-state index is -0.742. The predicted octanol–water partition coefficient (Wildman–Crippen LogP) is 4.04. The van der Waals surface area contributed by atoms with Crippen molar-refractivity contribution < 1.29 is 13.6 Å². The summed E-state index contributed by atoms with van der Waals surface area (Å²) in [5.74, 6) is 0.617. The standard InChI is InChI=1S/C26H27F2N5O/c1-31-24-20(11-19-18(23(24)28)8-9-32(26(19)34)14-17(29)12-27)30-25(31)22-10-16-4-2-3-5-21(16)33(22)13-15-6-7-15/h2-5,10-11,15,17H,6-9,12-14,29H2,1H3/t17-/m1/s1. The lowest BCUT2D eigenvalue weighted by Crippen LogP contribution is -2.45. The zero-order chi connectivity index (χ0) is 23.6. The summed E-state index contributed by atoms with van der Waals surface area (Å²) >= 11 is 0. The van der Waals surface area contributed by atoms with E-state index in [1.165, 1.54) is 17.7 Å². The number of para-hydroxylation sites is 1. The van der Waals surface area contributed by atoms with E-state index in [0.717, 1.165) is 23.1 Å². The van der Waals surface area contributed by atoms with Gasteiger partial charge in [0, 0.05) is 48.7 Å². The molecule has 1 amide bonds. The lowest BCUT2D eigenvalue weighted by Gasteiger charge is -2.30. The molecule has 0 bridgehead atoms. The highest BCUT2D eigenvalue weighted by atomic mass is 19.1. The third kappa shape index (κ3) is 3.31. The molecule has 8 heteroatoms. The number of nitrogens with zero attached hydrogens (tertiary/aromatic N) is 4. The van der Waals surface area contributed by atoms with Crippen LogP contribution in [-0.2, 0) is 20.0 Å². The fourth-order valence-electron chi connectivity index (χ4n) is 5.21. The highest BCUT2D eigenvalue weighted by molar-refractivity contribution is 6.01. The van der Waals surface area contributed by atoms with Crippen LogP contribution in [-0.4, -0.2) is 50.7 Å². The van der Waals surface area contributed by atoms with Crippen molar-refractivity contribution in [3.05, 3.63) is 53.3 Å². The fourth-order valence-corrected chi connectivity index (χ4v) is 5.21. The second-order valence-electron chi connectivity index (χ2n) is 9.64. The summed E-state index contributed by atoms with van der Waals surface area (Å²) in [6, 6.07) is 11.3. The van der Waals surface area contributed by atoms with Crippen LogP contribution in [0.25, 0.3) is 33.5 Å². The molecule has 2 aromatic carbocycles. The summed E-state index contributed by atoms with van der Waals surface area (Å²) in [5, 5.41) is 1.12. The number of benzene rings is 2. The number of amides is 1. The molecule has 176 valence electrons. The van der Waals surface area contributed by atoms with E-state index in [4.69, 9.17) is 10.7 Å². The molecule has 6 nitrogen and oxygen atoms in total. The van der Waals surface area contributed by atoms with Gasteiger partial charge in [0.2, 0.25) is 0 Å². The molecule has 1 aliphatic carbocycles. The summed E-state index contributed by atoms with van der Waals surface area (Å²) < 4.78 is 32.8. The van der Waals surface area contributed by atoms with E-state index in [-0.39, 0.29) is 12.5 Å². The number of nitrogens with two attached hydrogens (primary N) is 1. The first-order chi connectivity index (χ1) is 16.5. The molecule has 2 N–H and O–H groups in total. The Morgan fingerprint density at radius 3 is 2.79 bits per heavy atom. The maximum atomic E-state index is 15.8. The predicted molar refractivity (Wildman–Crippen MR) is 128 cm³/mol. The van der Waals surface area contributed by atoms with Crippen molar-refractivity contribution in [1.82, 2.24) is 19.0 Å². The molecular formula is C26H27F2N5O. The minimum Gasteiger partial charge on any atom is -0.338 e. The average molecular weight is 464 g/mol. The smallest absolute Gasteiger partial charge is 0.254 e. The minimum absolute atomic E-state index is 0.114. The Kier molecular flexibility index (Phi) is 4.95. The van der Waals surface area contributed by atoms with E-state index < -0.39 is 18.5 Å². The number of rotatable bonds is 6. The van der Waals surface area contributed by atoms with Crippen molar-refractivity contribution in [2.45, 2.75) is 31.8 Å². The molecule has 6 rings (SSSR count). The number of alkyl halides is 1. The van der Waals surface area contributed by atoms with Gasteiger partial charge in [-0.3, -0.25) is 4.79 Å². The SMILES string of the molecule is Cn1c(-c2cc3ccccc3n2CC2CC2)nc2cc3c(c(F)c21)CCN(C[C@H](N)CF)C3=O. The van der Waals surface area contributed by atoms with Crippen LogP contribution >= 0.6 is 0 Å². The Morgan fingerprint density at radius 1 is 1.24 bits per heavy atom. The first-order valence-corrected chi connectivity index (χ1v) is 11.8. The number of imidazole rings is 1. The summed E-state index contributed by atoms with van der Waals surface area (Å²) in [4.78, 5) is 19.4. The molecule has 0 radical (unpaired) electrons.